The maximum absolute atomic E-state index is 10.6. The fourth-order valence-electron chi connectivity index (χ4n) is 3.48. The first-order chi connectivity index (χ1) is 18.3. The summed E-state index contributed by atoms with van der Waals surface area (Å²) >= 11 is 0. The molecule has 2 N–H and O–H groups in total. The summed E-state index contributed by atoms with van der Waals surface area (Å²) in [6.07, 6.45) is -2.63. The number of nitrogens with zero attached hydrogens (tertiary/aromatic N) is 5. The predicted octanol–water partition coefficient (Wildman–Crippen LogP) is 3.05. The summed E-state index contributed by atoms with van der Waals surface area (Å²) in [6, 6.07) is 6.20. The Morgan fingerprint density at radius 3 is 1.95 bits per heavy atom. The van der Waals surface area contributed by atoms with E-state index in [1.165, 1.54) is 5.56 Å². The standard InChI is InChI=1S/C18H19N5O2.2C2HF3O2/c1-2-15-16(25-13-24-15)11-14(1)12-21-7-9-23(10-8-21)18-17-19-3-5-22(17)6-4-20-18;2*3-2(4,5)1(6)7/h1-6,11H,7-10,12-13H2;2*(H,6,7). The Balaban J connectivity index is 0.000000251. The van der Waals surface area contributed by atoms with E-state index in [9.17, 15) is 26.3 Å². The summed E-state index contributed by atoms with van der Waals surface area (Å²) in [5.41, 5.74) is 2.18. The van der Waals surface area contributed by atoms with Crippen molar-refractivity contribution in [2.75, 3.05) is 37.9 Å². The number of benzene rings is 1. The average Bonchev–Trinajstić information content (AvgIpc) is 3.53. The quantitative estimate of drug-likeness (QED) is 0.457. The normalized spacial score (nSPS) is 15.2. The van der Waals surface area contributed by atoms with Crippen molar-refractivity contribution >= 4 is 23.4 Å². The molecule has 17 heteroatoms. The van der Waals surface area contributed by atoms with Gasteiger partial charge in [-0.2, -0.15) is 26.3 Å². The molecular formula is C22H21F6N5O6. The Labute approximate surface area is 215 Å². The second-order valence-corrected chi connectivity index (χ2v) is 7.97. The van der Waals surface area contributed by atoms with Crippen LogP contribution in [0.3, 0.4) is 0 Å². The number of hydrogen-bond acceptors (Lipinski definition) is 8. The number of alkyl halides is 6. The van der Waals surface area contributed by atoms with Crippen molar-refractivity contribution in [3.63, 3.8) is 0 Å². The lowest BCUT2D eigenvalue weighted by Gasteiger charge is -2.35. The maximum atomic E-state index is 10.6. The van der Waals surface area contributed by atoms with Gasteiger partial charge in [0.25, 0.3) is 0 Å². The number of carboxylic acids is 2. The topological polar surface area (TPSA) is 130 Å². The lowest BCUT2D eigenvalue weighted by atomic mass is 10.1. The molecule has 0 aliphatic carbocycles. The molecule has 0 atom stereocenters. The molecule has 0 amide bonds. The molecule has 2 aromatic heterocycles. The van der Waals surface area contributed by atoms with Gasteiger partial charge in [0, 0.05) is 57.5 Å². The number of imidazole rings is 1. The molecule has 0 bridgehead atoms. The molecule has 0 unspecified atom stereocenters. The number of carbonyl (C=O) groups is 2. The zero-order chi connectivity index (χ0) is 28.8. The lowest BCUT2D eigenvalue weighted by Crippen LogP contribution is -2.46. The summed E-state index contributed by atoms with van der Waals surface area (Å²) in [5, 5.41) is 14.2. The molecule has 0 radical (unpaired) electrons. The monoisotopic (exact) mass is 565 g/mol. The van der Waals surface area contributed by atoms with Gasteiger partial charge in [-0.15, -0.1) is 0 Å². The number of aromatic nitrogens is 3. The first-order valence-electron chi connectivity index (χ1n) is 11.0. The largest absolute Gasteiger partial charge is 0.490 e. The third-order valence-corrected chi connectivity index (χ3v) is 5.29. The van der Waals surface area contributed by atoms with Crippen LogP contribution in [-0.4, -0.2) is 86.7 Å². The third-order valence-electron chi connectivity index (χ3n) is 5.29. The zero-order valence-electron chi connectivity index (χ0n) is 19.8. The van der Waals surface area contributed by atoms with Gasteiger partial charge in [0.05, 0.1) is 0 Å². The zero-order valence-corrected chi connectivity index (χ0v) is 19.8. The van der Waals surface area contributed by atoms with E-state index in [-0.39, 0.29) is 0 Å². The second-order valence-electron chi connectivity index (χ2n) is 7.97. The van der Waals surface area contributed by atoms with Crippen molar-refractivity contribution in [3.8, 4) is 11.5 Å². The van der Waals surface area contributed by atoms with Crippen LogP contribution in [0.4, 0.5) is 32.2 Å². The van der Waals surface area contributed by atoms with E-state index in [0.29, 0.717) is 6.79 Å². The van der Waals surface area contributed by atoms with Crippen LogP contribution in [0.1, 0.15) is 5.56 Å². The summed E-state index contributed by atoms with van der Waals surface area (Å²) in [4.78, 5) is 31.5. The van der Waals surface area contributed by atoms with Gasteiger partial charge in [-0.1, -0.05) is 6.07 Å². The minimum Gasteiger partial charge on any atom is -0.475 e. The Hall–Kier alpha value is -4.28. The van der Waals surface area contributed by atoms with Gasteiger partial charge in [-0.3, -0.25) is 4.90 Å². The molecule has 0 saturated carbocycles. The summed E-state index contributed by atoms with van der Waals surface area (Å²) < 4.78 is 76.3. The molecule has 2 aliphatic heterocycles. The predicted molar refractivity (Wildman–Crippen MR) is 120 cm³/mol. The number of ether oxygens (including phenoxy) is 2. The number of anilines is 1. The van der Waals surface area contributed by atoms with Crippen molar-refractivity contribution in [1.82, 2.24) is 19.3 Å². The van der Waals surface area contributed by atoms with Crippen molar-refractivity contribution < 1.29 is 55.6 Å². The molecule has 2 aliphatic rings. The highest BCUT2D eigenvalue weighted by atomic mass is 19.4. The Morgan fingerprint density at radius 1 is 0.846 bits per heavy atom. The second kappa shape index (κ2) is 12.1. The average molecular weight is 565 g/mol. The van der Waals surface area contributed by atoms with Gasteiger partial charge in [0.1, 0.15) is 0 Å². The van der Waals surface area contributed by atoms with Crippen LogP contribution in [0.5, 0.6) is 11.5 Å². The molecule has 5 rings (SSSR count). The Bertz CT molecular complexity index is 1270. The number of hydrogen-bond donors (Lipinski definition) is 2. The van der Waals surface area contributed by atoms with E-state index in [2.05, 4.69) is 31.9 Å². The number of halogens is 6. The van der Waals surface area contributed by atoms with E-state index in [4.69, 9.17) is 29.3 Å². The summed E-state index contributed by atoms with van der Waals surface area (Å²) in [6.45, 7) is 5.14. The number of piperazine rings is 1. The van der Waals surface area contributed by atoms with Crippen molar-refractivity contribution in [2.24, 2.45) is 0 Å². The fraction of sp³-hybridized carbons (Fsp3) is 0.364. The maximum Gasteiger partial charge on any atom is 0.490 e. The van der Waals surface area contributed by atoms with Gasteiger partial charge in [-0.05, 0) is 17.7 Å². The molecule has 0 spiro atoms. The van der Waals surface area contributed by atoms with Gasteiger partial charge < -0.3 is 29.0 Å². The third kappa shape index (κ3) is 8.10. The summed E-state index contributed by atoms with van der Waals surface area (Å²) in [5.74, 6) is -2.85. The van der Waals surface area contributed by atoms with Gasteiger partial charge in [-0.25, -0.2) is 19.6 Å². The van der Waals surface area contributed by atoms with Crippen LogP contribution >= 0.6 is 0 Å². The highest BCUT2D eigenvalue weighted by molar-refractivity contribution is 5.73. The van der Waals surface area contributed by atoms with Gasteiger partial charge in [0.2, 0.25) is 6.79 Å². The van der Waals surface area contributed by atoms with E-state index in [1.54, 1.807) is 0 Å². The lowest BCUT2D eigenvalue weighted by molar-refractivity contribution is -0.193. The first-order valence-corrected chi connectivity index (χ1v) is 11.0. The number of carboxylic acid groups (broad SMARTS) is 2. The Kier molecular flexibility index (Phi) is 9.05. The van der Waals surface area contributed by atoms with Crippen molar-refractivity contribution in [1.29, 1.82) is 0 Å². The van der Waals surface area contributed by atoms with Crippen LogP contribution in [0.15, 0.2) is 43.0 Å². The number of aliphatic carboxylic acids is 2. The van der Waals surface area contributed by atoms with Crippen LogP contribution < -0.4 is 14.4 Å². The van der Waals surface area contributed by atoms with Gasteiger partial charge >= 0.3 is 24.3 Å². The molecule has 11 nitrogen and oxygen atoms in total. The van der Waals surface area contributed by atoms with E-state index in [0.717, 1.165) is 55.7 Å². The smallest absolute Gasteiger partial charge is 0.475 e. The number of fused-ring (bicyclic) bond motifs is 2. The molecule has 1 fully saturated rings. The molecule has 39 heavy (non-hydrogen) atoms. The van der Waals surface area contributed by atoms with Crippen LogP contribution in [0, 0.1) is 0 Å². The van der Waals surface area contributed by atoms with E-state index >= 15 is 0 Å². The van der Waals surface area contributed by atoms with Crippen molar-refractivity contribution in [2.45, 2.75) is 18.9 Å². The first kappa shape index (κ1) is 29.3. The highest BCUT2D eigenvalue weighted by Gasteiger charge is 2.38. The molecule has 4 heterocycles. The number of rotatable bonds is 3. The molecule has 3 aromatic rings. The highest BCUT2D eigenvalue weighted by Crippen LogP contribution is 2.33. The Morgan fingerprint density at radius 2 is 1.38 bits per heavy atom. The SMILES string of the molecule is O=C(O)C(F)(F)F.O=C(O)C(F)(F)F.c1cn2ccnc2c(N2CCN(Cc3ccc4c(c3)OCO4)CC2)n1. The van der Waals surface area contributed by atoms with Gasteiger partial charge in [0.15, 0.2) is 23.0 Å². The molecule has 1 saturated heterocycles. The summed E-state index contributed by atoms with van der Waals surface area (Å²) in [7, 11) is 0. The van der Waals surface area contributed by atoms with E-state index < -0.39 is 24.3 Å². The van der Waals surface area contributed by atoms with Crippen LogP contribution in [0.2, 0.25) is 0 Å². The molecular weight excluding hydrogens is 544 g/mol. The van der Waals surface area contributed by atoms with Crippen LogP contribution in [0.25, 0.3) is 5.65 Å². The fourth-order valence-corrected chi connectivity index (χ4v) is 3.48. The van der Waals surface area contributed by atoms with Crippen molar-refractivity contribution in [3.05, 3.63) is 48.5 Å². The van der Waals surface area contributed by atoms with Crippen LogP contribution in [-0.2, 0) is 16.1 Å². The molecule has 212 valence electrons. The molecule has 1 aromatic carbocycles. The minimum atomic E-state index is -5.08. The van der Waals surface area contributed by atoms with E-state index in [1.807, 2.05) is 35.3 Å². The minimum absolute atomic E-state index is 0.323.